The number of ether oxygens (including phenoxy) is 1. The highest BCUT2D eigenvalue weighted by molar-refractivity contribution is 7.92. The van der Waals surface area contributed by atoms with Gasteiger partial charge in [0.25, 0.3) is 10.0 Å². The van der Waals surface area contributed by atoms with Crippen molar-refractivity contribution in [3.05, 3.63) is 47.7 Å². The predicted molar refractivity (Wildman–Crippen MR) is 77.8 cm³/mol. The van der Waals surface area contributed by atoms with Gasteiger partial charge in [0.2, 0.25) is 0 Å². The molecule has 0 bridgehead atoms. The van der Waals surface area contributed by atoms with E-state index in [9.17, 15) is 8.42 Å². The number of methoxy groups -OCH3 is 1. The molecule has 2 aromatic rings. The fourth-order valence-corrected chi connectivity index (χ4v) is 3.26. The van der Waals surface area contributed by atoms with Gasteiger partial charge in [-0.2, -0.15) is 0 Å². The first-order valence-electron chi connectivity index (χ1n) is 5.70. The summed E-state index contributed by atoms with van der Waals surface area (Å²) in [5.74, 6) is 0.652. The average molecular weight is 313 g/mol. The number of anilines is 1. The van der Waals surface area contributed by atoms with E-state index in [1.807, 2.05) is 0 Å². The molecule has 0 radical (unpaired) electrons. The van der Waals surface area contributed by atoms with Crippen LogP contribution in [-0.2, 0) is 10.0 Å². The smallest absolute Gasteiger partial charge is 0.267 e. The van der Waals surface area contributed by atoms with Gasteiger partial charge >= 0.3 is 0 Å². The second-order valence-corrected chi connectivity index (χ2v) is 6.26. The molecule has 0 aliphatic heterocycles. The van der Waals surface area contributed by atoms with Gasteiger partial charge in [0.1, 0.15) is 15.8 Å². The minimum absolute atomic E-state index is 0.0278. The first kappa shape index (κ1) is 14.6. The summed E-state index contributed by atoms with van der Waals surface area (Å²) in [5.41, 5.74) is 0.505. The Morgan fingerprint density at radius 2 is 1.85 bits per heavy atom. The van der Waals surface area contributed by atoms with Gasteiger partial charge in [-0.15, -0.1) is 0 Å². The monoisotopic (exact) mass is 312 g/mol. The summed E-state index contributed by atoms with van der Waals surface area (Å²) >= 11 is 5.85. The third kappa shape index (κ3) is 2.71. The van der Waals surface area contributed by atoms with Crippen LogP contribution >= 0.6 is 11.6 Å². The SMILES string of the molecule is COc1ccc(N(C)S(=O)(=O)c2cccnc2Cl)cc1. The van der Waals surface area contributed by atoms with Crippen molar-refractivity contribution < 1.29 is 13.2 Å². The molecule has 7 heteroatoms. The van der Waals surface area contributed by atoms with Crippen LogP contribution in [0.1, 0.15) is 0 Å². The van der Waals surface area contributed by atoms with E-state index in [-0.39, 0.29) is 10.0 Å². The summed E-state index contributed by atoms with van der Waals surface area (Å²) in [5, 5.41) is -0.0483. The van der Waals surface area contributed by atoms with E-state index in [4.69, 9.17) is 16.3 Å². The van der Waals surface area contributed by atoms with Crippen LogP contribution in [0.15, 0.2) is 47.5 Å². The van der Waals surface area contributed by atoms with Gasteiger partial charge < -0.3 is 4.74 Å². The lowest BCUT2D eigenvalue weighted by molar-refractivity contribution is 0.415. The third-order valence-corrected chi connectivity index (χ3v) is 5.03. The van der Waals surface area contributed by atoms with Crippen molar-refractivity contribution in [2.75, 3.05) is 18.5 Å². The number of benzene rings is 1. The maximum atomic E-state index is 12.5. The molecule has 2 rings (SSSR count). The number of rotatable bonds is 4. The molecular formula is C13H13ClN2O3S. The van der Waals surface area contributed by atoms with Crippen molar-refractivity contribution in [2.24, 2.45) is 0 Å². The zero-order valence-corrected chi connectivity index (χ0v) is 12.5. The molecule has 0 saturated carbocycles. The highest BCUT2D eigenvalue weighted by Crippen LogP contribution is 2.26. The molecule has 1 aromatic heterocycles. The number of aromatic nitrogens is 1. The topological polar surface area (TPSA) is 59.5 Å². The Morgan fingerprint density at radius 3 is 2.40 bits per heavy atom. The fourth-order valence-electron chi connectivity index (χ4n) is 1.64. The third-order valence-electron chi connectivity index (χ3n) is 2.80. The summed E-state index contributed by atoms with van der Waals surface area (Å²) < 4.78 is 31.1. The number of sulfonamides is 1. The molecule has 0 unspecified atom stereocenters. The van der Waals surface area contributed by atoms with Crippen molar-refractivity contribution in [3.63, 3.8) is 0 Å². The van der Waals surface area contributed by atoms with Gasteiger partial charge in [-0.3, -0.25) is 4.31 Å². The maximum Gasteiger partial charge on any atom is 0.267 e. The van der Waals surface area contributed by atoms with Gasteiger partial charge in [-0.05, 0) is 36.4 Å². The molecule has 0 saturated heterocycles. The number of pyridine rings is 1. The van der Waals surface area contributed by atoms with Gasteiger partial charge in [0.05, 0.1) is 12.8 Å². The lowest BCUT2D eigenvalue weighted by atomic mass is 10.3. The molecule has 106 valence electrons. The first-order valence-corrected chi connectivity index (χ1v) is 7.52. The van der Waals surface area contributed by atoms with E-state index in [0.29, 0.717) is 11.4 Å². The van der Waals surface area contributed by atoms with Crippen LogP contribution < -0.4 is 9.04 Å². The predicted octanol–water partition coefficient (Wildman–Crippen LogP) is 2.57. The molecule has 1 aromatic carbocycles. The second kappa shape index (κ2) is 5.68. The Bertz CT molecular complexity index is 702. The lowest BCUT2D eigenvalue weighted by Gasteiger charge is -2.20. The van der Waals surface area contributed by atoms with Crippen LogP contribution in [-0.4, -0.2) is 27.6 Å². The van der Waals surface area contributed by atoms with E-state index in [2.05, 4.69) is 4.98 Å². The van der Waals surface area contributed by atoms with Gasteiger partial charge in [0, 0.05) is 13.2 Å². The Labute approximate surface area is 122 Å². The van der Waals surface area contributed by atoms with Crippen LogP contribution in [0.25, 0.3) is 0 Å². The van der Waals surface area contributed by atoms with Crippen LogP contribution in [0, 0.1) is 0 Å². The van der Waals surface area contributed by atoms with Crippen LogP contribution in [0.5, 0.6) is 5.75 Å². The van der Waals surface area contributed by atoms with Crippen molar-refractivity contribution in [3.8, 4) is 5.75 Å². The van der Waals surface area contributed by atoms with Crippen molar-refractivity contribution in [1.82, 2.24) is 4.98 Å². The fraction of sp³-hybridized carbons (Fsp3) is 0.154. The largest absolute Gasteiger partial charge is 0.497 e. The van der Waals surface area contributed by atoms with Gasteiger partial charge in [-0.1, -0.05) is 11.6 Å². The summed E-state index contributed by atoms with van der Waals surface area (Å²) in [4.78, 5) is 3.76. The van der Waals surface area contributed by atoms with Crippen molar-refractivity contribution in [2.45, 2.75) is 4.90 Å². The molecule has 0 atom stereocenters. The Morgan fingerprint density at radius 1 is 1.20 bits per heavy atom. The van der Waals surface area contributed by atoms with E-state index in [1.165, 1.54) is 25.4 Å². The summed E-state index contributed by atoms with van der Waals surface area (Å²) in [6.45, 7) is 0. The number of hydrogen-bond acceptors (Lipinski definition) is 4. The average Bonchev–Trinajstić information content (AvgIpc) is 2.47. The Balaban J connectivity index is 2.41. The molecule has 0 spiro atoms. The Kier molecular flexibility index (Phi) is 4.15. The molecule has 0 fully saturated rings. The lowest BCUT2D eigenvalue weighted by Crippen LogP contribution is -2.26. The maximum absolute atomic E-state index is 12.5. The van der Waals surface area contributed by atoms with E-state index >= 15 is 0 Å². The normalized spacial score (nSPS) is 11.2. The van der Waals surface area contributed by atoms with Crippen LogP contribution in [0.2, 0.25) is 5.15 Å². The quantitative estimate of drug-likeness (QED) is 0.814. The zero-order chi connectivity index (χ0) is 14.8. The summed E-state index contributed by atoms with van der Waals surface area (Å²) in [6, 6.07) is 9.63. The number of hydrogen-bond donors (Lipinski definition) is 0. The molecule has 0 aliphatic rings. The minimum atomic E-state index is -3.74. The van der Waals surface area contributed by atoms with E-state index < -0.39 is 10.0 Å². The summed E-state index contributed by atoms with van der Waals surface area (Å²) in [7, 11) is -0.739. The first-order chi connectivity index (χ1) is 9.46. The second-order valence-electron chi connectivity index (χ2n) is 3.96. The Hall–Kier alpha value is -1.79. The molecule has 1 heterocycles. The molecule has 0 N–H and O–H groups in total. The standard InChI is InChI=1S/C13H13ClN2O3S/c1-16(10-5-7-11(19-2)8-6-10)20(17,18)12-4-3-9-15-13(12)14/h3-9H,1-2H3. The minimum Gasteiger partial charge on any atom is -0.497 e. The summed E-state index contributed by atoms with van der Waals surface area (Å²) in [6.07, 6.45) is 1.44. The van der Waals surface area contributed by atoms with Crippen LogP contribution in [0.4, 0.5) is 5.69 Å². The van der Waals surface area contributed by atoms with Crippen molar-refractivity contribution >= 4 is 27.3 Å². The van der Waals surface area contributed by atoms with Crippen molar-refractivity contribution in [1.29, 1.82) is 0 Å². The molecule has 0 aliphatic carbocycles. The highest BCUT2D eigenvalue weighted by Gasteiger charge is 2.24. The van der Waals surface area contributed by atoms with E-state index in [1.54, 1.807) is 31.4 Å². The highest BCUT2D eigenvalue weighted by atomic mass is 35.5. The van der Waals surface area contributed by atoms with Crippen LogP contribution in [0.3, 0.4) is 0 Å². The van der Waals surface area contributed by atoms with Gasteiger partial charge in [0.15, 0.2) is 0 Å². The molecule has 5 nitrogen and oxygen atoms in total. The molecule has 20 heavy (non-hydrogen) atoms. The number of nitrogens with zero attached hydrogens (tertiary/aromatic N) is 2. The molecular weight excluding hydrogens is 300 g/mol. The van der Waals surface area contributed by atoms with E-state index in [0.717, 1.165) is 4.31 Å². The zero-order valence-electron chi connectivity index (χ0n) is 10.9. The van der Waals surface area contributed by atoms with Gasteiger partial charge in [-0.25, -0.2) is 13.4 Å². The number of halogens is 1. The molecule has 0 amide bonds.